The third kappa shape index (κ3) is 3.53. The number of amides is 2. The van der Waals surface area contributed by atoms with E-state index >= 15 is 0 Å². The van der Waals surface area contributed by atoms with E-state index in [9.17, 15) is 19.5 Å². The zero-order valence-corrected chi connectivity index (χ0v) is 16.0. The number of rotatable bonds is 3. The fourth-order valence-corrected chi connectivity index (χ4v) is 4.71. The van der Waals surface area contributed by atoms with E-state index in [4.69, 9.17) is 4.74 Å². The molecule has 1 spiro atoms. The zero-order chi connectivity index (χ0) is 19.1. The van der Waals surface area contributed by atoms with Crippen LogP contribution in [0.25, 0.3) is 0 Å². The average molecular weight is 366 g/mol. The summed E-state index contributed by atoms with van der Waals surface area (Å²) in [5, 5.41) is 9.73. The van der Waals surface area contributed by atoms with Gasteiger partial charge in [0.2, 0.25) is 5.91 Å². The van der Waals surface area contributed by atoms with E-state index < -0.39 is 29.1 Å². The quantitative estimate of drug-likeness (QED) is 0.829. The lowest BCUT2D eigenvalue weighted by atomic mass is 9.85. The van der Waals surface area contributed by atoms with Gasteiger partial charge >= 0.3 is 12.1 Å². The summed E-state index contributed by atoms with van der Waals surface area (Å²) >= 11 is 0. The fourth-order valence-electron chi connectivity index (χ4n) is 4.71. The largest absolute Gasteiger partial charge is 0.480 e. The van der Waals surface area contributed by atoms with Crippen LogP contribution in [-0.2, 0) is 14.3 Å². The van der Waals surface area contributed by atoms with Gasteiger partial charge in [0.1, 0.15) is 11.6 Å². The lowest BCUT2D eigenvalue weighted by Crippen LogP contribution is -2.49. The van der Waals surface area contributed by atoms with Crippen LogP contribution in [0, 0.1) is 11.3 Å². The molecule has 3 fully saturated rings. The Morgan fingerprint density at radius 2 is 1.81 bits per heavy atom. The normalized spacial score (nSPS) is 28.2. The molecule has 146 valence electrons. The first-order chi connectivity index (χ1) is 12.1. The van der Waals surface area contributed by atoms with Gasteiger partial charge in [-0.25, -0.2) is 9.59 Å². The van der Waals surface area contributed by atoms with Crippen molar-refractivity contribution in [3.63, 3.8) is 0 Å². The molecule has 2 saturated heterocycles. The van der Waals surface area contributed by atoms with Crippen molar-refractivity contribution in [2.24, 2.45) is 11.3 Å². The van der Waals surface area contributed by atoms with E-state index in [2.05, 4.69) is 0 Å². The van der Waals surface area contributed by atoms with Crippen LogP contribution in [0.5, 0.6) is 0 Å². The smallest absolute Gasteiger partial charge is 0.410 e. The van der Waals surface area contributed by atoms with Gasteiger partial charge in [-0.05, 0) is 52.4 Å². The van der Waals surface area contributed by atoms with Gasteiger partial charge in [-0.1, -0.05) is 12.8 Å². The van der Waals surface area contributed by atoms with Gasteiger partial charge in [0.05, 0.1) is 5.41 Å². The van der Waals surface area contributed by atoms with Crippen molar-refractivity contribution in [3.8, 4) is 0 Å². The lowest BCUT2D eigenvalue weighted by molar-refractivity contribution is -0.153. The Kier molecular flexibility index (Phi) is 4.92. The van der Waals surface area contributed by atoms with Crippen LogP contribution in [0.1, 0.15) is 59.3 Å². The minimum atomic E-state index is -0.899. The molecule has 0 bridgehead atoms. The van der Waals surface area contributed by atoms with E-state index in [-0.39, 0.29) is 11.8 Å². The second-order valence-corrected chi connectivity index (χ2v) is 9.01. The van der Waals surface area contributed by atoms with Crippen molar-refractivity contribution in [1.82, 2.24) is 9.80 Å². The molecule has 3 aliphatic rings. The zero-order valence-electron chi connectivity index (χ0n) is 16.0. The molecule has 0 radical (unpaired) electrons. The van der Waals surface area contributed by atoms with Crippen molar-refractivity contribution in [1.29, 1.82) is 0 Å². The molecule has 1 N–H and O–H groups in total. The number of aliphatic carboxylic acids is 1. The van der Waals surface area contributed by atoms with Gasteiger partial charge in [0, 0.05) is 19.6 Å². The number of hydrogen-bond donors (Lipinski definition) is 1. The van der Waals surface area contributed by atoms with Crippen LogP contribution in [0.15, 0.2) is 0 Å². The second-order valence-electron chi connectivity index (χ2n) is 9.01. The van der Waals surface area contributed by atoms with Gasteiger partial charge in [0.25, 0.3) is 0 Å². The first-order valence-corrected chi connectivity index (χ1v) is 9.65. The predicted octanol–water partition coefficient (Wildman–Crippen LogP) is 2.49. The van der Waals surface area contributed by atoms with Crippen molar-refractivity contribution < 1.29 is 24.2 Å². The highest BCUT2D eigenvalue weighted by Gasteiger charge is 2.55. The summed E-state index contributed by atoms with van der Waals surface area (Å²) in [6.07, 6.45) is 4.61. The van der Waals surface area contributed by atoms with Crippen LogP contribution in [0.3, 0.4) is 0 Å². The molecule has 1 saturated carbocycles. The number of likely N-dealkylation sites (tertiary alicyclic amines) is 2. The fraction of sp³-hybridized carbons (Fsp3) is 0.842. The topological polar surface area (TPSA) is 87.2 Å². The summed E-state index contributed by atoms with van der Waals surface area (Å²) < 4.78 is 5.42. The Labute approximate surface area is 154 Å². The molecule has 7 heteroatoms. The van der Waals surface area contributed by atoms with Crippen LogP contribution >= 0.6 is 0 Å². The highest BCUT2D eigenvalue weighted by atomic mass is 16.6. The van der Waals surface area contributed by atoms with Gasteiger partial charge in [-0.2, -0.15) is 0 Å². The Hall–Kier alpha value is -1.79. The first-order valence-electron chi connectivity index (χ1n) is 9.65. The van der Waals surface area contributed by atoms with Crippen LogP contribution < -0.4 is 0 Å². The molecule has 2 amide bonds. The number of carboxylic acids is 1. The van der Waals surface area contributed by atoms with Gasteiger partial charge in [0.15, 0.2) is 0 Å². The van der Waals surface area contributed by atoms with Gasteiger partial charge in [-0.15, -0.1) is 0 Å². The molecule has 0 aromatic rings. The molecule has 26 heavy (non-hydrogen) atoms. The molecule has 2 unspecified atom stereocenters. The first kappa shape index (κ1) is 19.0. The summed E-state index contributed by atoms with van der Waals surface area (Å²) in [5.74, 6) is -0.942. The minimum Gasteiger partial charge on any atom is -0.480 e. The summed E-state index contributed by atoms with van der Waals surface area (Å²) in [7, 11) is 0. The second kappa shape index (κ2) is 6.74. The molecule has 2 atom stereocenters. The molecule has 2 heterocycles. The number of ether oxygens (including phenoxy) is 1. The van der Waals surface area contributed by atoms with Crippen molar-refractivity contribution in [2.75, 3.05) is 19.6 Å². The minimum absolute atomic E-state index is 0.0509. The lowest BCUT2D eigenvalue weighted by Gasteiger charge is -2.31. The molecule has 1 aliphatic carbocycles. The van der Waals surface area contributed by atoms with E-state index in [0.717, 1.165) is 25.7 Å². The number of nitrogens with zero attached hydrogens (tertiary/aromatic N) is 2. The Bertz CT molecular complexity index is 593. The summed E-state index contributed by atoms with van der Waals surface area (Å²) in [5.41, 5.74) is -1.21. The van der Waals surface area contributed by atoms with Crippen LogP contribution in [0.2, 0.25) is 0 Å². The van der Waals surface area contributed by atoms with E-state index in [1.807, 2.05) is 20.8 Å². The van der Waals surface area contributed by atoms with E-state index in [1.54, 1.807) is 9.80 Å². The average Bonchev–Trinajstić information content (AvgIpc) is 3.24. The predicted molar refractivity (Wildman–Crippen MR) is 94.6 cm³/mol. The van der Waals surface area contributed by atoms with Crippen molar-refractivity contribution in [2.45, 2.75) is 70.9 Å². The standard InChI is InChI=1S/C19H30N2O5/c1-18(2,3)26-17(25)20-10-8-19(12-20)9-11-21(16(19)24)14(15(22)23)13-6-4-5-7-13/h13-14H,4-12H2,1-3H3,(H,22,23). The Morgan fingerprint density at radius 1 is 1.19 bits per heavy atom. The number of carbonyl (C=O) groups excluding carboxylic acids is 2. The summed E-state index contributed by atoms with van der Waals surface area (Å²) in [6, 6.07) is -0.722. The summed E-state index contributed by atoms with van der Waals surface area (Å²) in [6.45, 7) is 6.73. The highest BCUT2D eigenvalue weighted by Crippen LogP contribution is 2.43. The molecule has 3 rings (SSSR count). The summed E-state index contributed by atoms with van der Waals surface area (Å²) in [4.78, 5) is 40.5. The highest BCUT2D eigenvalue weighted by molar-refractivity contribution is 5.90. The monoisotopic (exact) mass is 366 g/mol. The van der Waals surface area contributed by atoms with Crippen LogP contribution in [0.4, 0.5) is 4.79 Å². The molecular formula is C19H30N2O5. The maximum Gasteiger partial charge on any atom is 0.410 e. The van der Waals surface area contributed by atoms with Gasteiger partial charge in [-0.3, -0.25) is 4.79 Å². The third-order valence-electron chi connectivity index (χ3n) is 5.99. The third-order valence-corrected chi connectivity index (χ3v) is 5.99. The molecule has 0 aromatic carbocycles. The molecule has 0 aromatic heterocycles. The van der Waals surface area contributed by atoms with Gasteiger partial charge < -0.3 is 19.6 Å². The van der Waals surface area contributed by atoms with E-state index in [0.29, 0.717) is 32.5 Å². The SMILES string of the molecule is CC(C)(C)OC(=O)N1CCC2(CCN(C(C(=O)O)C3CCCC3)C2=O)C1. The Balaban J connectivity index is 1.70. The maximum atomic E-state index is 13.2. The molecule has 2 aliphatic heterocycles. The van der Waals surface area contributed by atoms with E-state index in [1.165, 1.54) is 0 Å². The maximum absolute atomic E-state index is 13.2. The number of carbonyl (C=O) groups is 3. The van der Waals surface area contributed by atoms with Crippen LogP contribution in [-0.4, -0.2) is 64.2 Å². The molecular weight excluding hydrogens is 336 g/mol. The van der Waals surface area contributed by atoms with Crippen molar-refractivity contribution in [3.05, 3.63) is 0 Å². The number of hydrogen-bond acceptors (Lipinski definition) is 4. The van der Waals surface area contributed by atoms with Crippen molar-refractivity contribution >= 4 is 18.0 Å². The Morgan fingerprint density at radius 3 is 2.38 bits per heavy atom. The molecule has 7 nitrogen and oxygen atoms in total. The number of carboxylic acid groups (broad SMARTS) is 1.